The van der Waals surface area contributed by atoms with Crippen LogP contribution in [0.2, 0.25) is 0 Å². The molecule has 0 radical (unpaired) electrons. The van der Waals surface area contributed by atoms with E-state index in [9.17, 15) is 9.90 Å². The fourth-order valence-electron chi connectivity index (χ4n) is 2.30. The molecule has 3 aromatic rings. The Labute approximate surface area is 127 Å². The van der Waals surface area contributed by atoms with Gasteiger partial charge in [0.25, 0.3) is 0 Å². The topological polar surface area (TPSA) is 72.5 Å². The van der Waals surface area contributed by atoms with Gasteiger partial charge in [0.1, 0.15) is 17.9 Å². The fourth-order valence-corrected chi connectivity index (χ4v) is 2.30. The molecule has 110 valence electrons. The number of nitrogens with two attached hydrogens (primary N) is 1. The number of benzene rings is 3. The Morgan fingerprint density at radius 1 is 1.00 bits per heavy atom. The maximum atomic E-state index is 12.2. The molecular weight excluding hydrogens is 278 g/mol. The molecule has 0 fully saturated rings. The molecule has 0 bridgehead atoms. The summed E-state index contributed by atoms with van der Waals surface area (Å²) in [6.45, 7) is 0.107. The van der Waals surface area contributed by atoms with Crippen LogP contribution >= 0.6 is 0 Å². The summed E-state index contributed by atoms with van der Waals surface area (Å²) in [6.07, 6.45) is 0. The highest BCUT2D eigenvalue weighted by molar-refractivity contribution is 5.98. The van der Waals surface area contributed by atoms with E-state index in [-0.39, 0.29) is 17.9 Å². The molecule has 3 N–H and O–H groups in total. The highest BCUT2D eigenvalue weighted by Gasteiger charge is 2.14. The minimum absolute atomic E-state index is 0.0868. The van der Waals surface area contributed by atoms with Gasteiger partial charge in [0.15, 0.2) is 0 Å². The molecule has 0 spiro atoms. The van der Waals surface area contributed by atoms with E-state index in [0.29, 0.717) is 5.69 Å². The summed E-state index contributed by atoms with van der Waals surface area (Å²) in [5, 5.41) is 11.7. The van der Waals surface area contributed by atoms with Crippen LogP contribution in [0.4, 0.5) is 5.69 Å². The number of anilines is 1. The monoisotopic (exact) mass is 293 g/mol. The number of hydrogen-bond donors (Lipinski definition) is 2. The van der Waals surface area contributed by atoms with E-state index in [1.165, 1.54) is 0 Å². The molecule has 0 amide bonds. The van der Waals surface area contributed by atoms with Crippen LogP contribution in [0, 0.1) is 0 Å². The zero-order chi connectivity index (χ0) is 15.5. The first-order valence-electron chi connectivity index (χ1n) is 6.87. The molecular formula is C18H15NO3. The Morgan fingerprint density at radius 2 is 1.73 bits per heavy atom. The fraction of sp³-hybridized carbons (Fsp3) is 0.0556. The molecule has 0 aliphatic heterocycles. The minimum Gasteiger partial charge on any atom is -0.507 e. The van der Waals surface area contributed by atoms with Crippen LogP contribution in [0.15, 0.2) is 60.7 Å². The SMILES string of the molecule is Nc1cccc(COC(=O)c2cc3ccccc3cc2O)c1. The van der Waals surface area contributed by atoms with Gasteiger partial charge >= 0.3 is 5.97 Å². The van der Waals surface area contributed by atoms with E-state index in [4.69, 9.17) is 10.5 Å². The van der Waals surface area contributed by atoms with Crippen molar-refractivity contribution in [1.82, 2.24) is 0 Å². The van der Waals surface area contributed by atoms with Crippen molar-refractivity contribution in [2.45, 2.75) is 6.61 Å². The molecule has 4 heteroatoms. The molecule has 0 saturated heterocycles. The number of ether oxygens (including phenoxy) is 1. The lowest BCUT2D eigenvalue weighted by atomic mass is 10.1. The van der Waals surface area contributed by atoms with E-state index in [1.807, 2.05) is 30.3 Å². The van der Waals surface area contributed by atoms with Gasteiger partial charge in [0.2, 0.25) is 0 Å². The van der Waals surface area contributed by atoms with Gasteiger partial charge in [-0.2, -0.15) is 0 Å². The second kappa shape index (κ2) is 5.77. The molecule has 3 rings (SSSR count). The normalized spacial score (nSPS) is 10.5. The zero-order valence-corrected chi connectivity index (χ0v) is 11.8. The van der Waals surface area contributed by atoms with Crippen molar-refractivity contribution in [2.24, 2.45) is 0 Å². The third kappa shape index (κ3) is 2.86. The van der Waals surface area contributed by atoms with E-state index < -0.39 is 5.97 Å². The summed E-state index contributed by atoms with van der Waals surface area (Å²) in [5.41, 5.74) is 7.25. The van der Waals surface area contributed by atoms with Gasteiger partial charge in [-0.05, 0) is 40.6 Å². The van der Waals surface area contributed by atoms with Crippen molar-refractivity contribution in [3.05, 3.63) is 71.8 Å². The number of carbonyl (C=O) groups is 1. The van der Waals surface area contributed by atoms with Crippen molar-refractivity contribution in [3.8, 4) is 5.75 Å². The summed E-state index contributed by atoms with van der Waals surface area (Å²) < 4.78 is 5.24. The Kier molecular flexibility index (Phi) is 3.66. The predicted octanol–water partition coefficient (Wildman–Crippen LogP) is 3.48. The number of hydrogen-bond acceptors (Lipinski definition) is 4. The molecule has 3 aromatic carbocycles. The largest absolute Gasteiger partial charge is 0.507 e. The number of phenols is 1. The smallest absolute Gasteiger partial charge is 0.342 e. The average molecular weight is 293 g/mol. The van der Waals surface area contributed by atoms with Gasteiger partial charge in [-0.25, -0.2) is 4.79 Å². The third-order valence-electron chi connectivity index (χ3n) is 3.40. The standard InChI is InChI=1S/C18H15NO3/c19-15-7-3-4-12(8-15)11-22-18(21)16-9-13-5-1-2-6-14(13)10-17(16)20/h1-10,20H,11,19H2. The highest BCUT2D eigenvalue weighted by Crippen LogP contribution is 2.25. The van der Waals surface area contributed by atoms with Crippen LogP contribution in [-0.4, -0.2) is 11.1 Å². The Bertz CT molecular complexity index is 843. The number of nitrogen functional groups attached to an aromatic ring is 1. The molecule has 0 unspecified atom stereocenters. The second-order valence-corrected chi connectivity index (χ2v) is 5.04. The number of rotatable bonds is 3. The van der Waals surface area contributed by atoms with Crippen LogP contribution in [0.1, 0.15) is 15.9 Å². The van der Waals surface area contributed by atoms with Crippen LogP contribution in [0.3, 0.4) is 0 Å². The number of carbonyl (C=O) groups excluding carboxylic acids is 1. The van der Waals surface area contributed by atoms with Crippen molar-refractivity contribution < 1.29 is 14.6 Å². The molecule has 0 aromatic heterocycles. The predicted molar refractivity (Wildman–Crippen MR) is 85.6 cm³/mol. The molecule has 22 heavy (non-hydrogen) atoms. The van der Waals surface area contributed by atoms with Gasteiger partial charge in [0.05, 0.1) is 0 Å². The summed E-state index contributed by atoms with van der Waals surface area (Å²) in [6, 6.07) is 17.8. The first-order chi connectivity index (χ1) is 10.6. The van der Waals surface area contributed by atoms with Gasteiger partial charge in [-0.3, -0.25) is 0 Å². The number of fused-ring (bicyclic) bond motifs is 1. The Balaban J connectivity index is 1.81. The minimum atomic E-state index is -0.564. The van der Waals surface area contributed by atoms with E-state index in [1.54, 1.807) is 30.3 Å². The van der Waals surface area contributed by atoms with Crippen molar-refractivity contribution >= 4 is 22.4 Å². The summed E-state index contributed by atoms with van der Waals surface area (Å²) in [4.78, 5) is 12.2. The van der Waals surface area contributed by atoms with Crippen molar-refractivity contribution in [2.75, 3.05) is 5.73 Å². The van der Waals surface area contributed by atoms with E-state index >= 15 is 0 Å². The summed E-state index contributed by atoms with van der Waals surface area (Å²) in [5.74, 6) is -0.651. The molecule has 0 aliphatic carbocycles. The lowest BCUT2D eigenvalue weighted by molar-refractivity contribution is 0.0469. The molecule has 0 heterocycles. The number of phenolic OH excluding ortho intramolecular Hbond substituents is 1. The van der Waals surface area contributed by atoms with Crippen molar-refractivity contribution in [1.29, 1.82) is 0 Å². The maximum Gasteiger partial charge on any atom is 0.342 e. The summed E-state index contributed by atoms with van der Waals surface area (Å²) >= 11 is 0. The van der Waals surface area contributed by atoms with Crippen LogP contribution in [0.25, 0.3) is 10.8 Å². The third-order valence-corrected chi connectivity index (χ3v) is 3.40. The number of aromatic hydroxyl groups is 1. The van der Waals surface area contributed by atoms with Crippen LogP contribution in [-0.2, 0) is 11.3 Å². The zero-order valence-electron chi connectivity index (χ0n) is 11.8. The molecule has 0 atom stereocenters. The Hall–Kier alpha value is -3.01. The molecule has 0 saturated carbocycles. The molecule has 4 nitrogen and oxygen atoms in total. The summed E-state index contributed by atoms with van der Waals surface area (Å²) in [7, 11) is 0. The van der Waals surface area contributed by atoms with E-state index in [0.717, 1.165) is 16.3 Å². The van der Waals surface area contributed by atoms with Gasteiger partial charge in [0, 0.05) is 5.69 Å². The average Bonchev–Trinajstić information content (AvgIpc) is 2.52. The van der Waals surface area contributed by atoms with Crippen LogP contribution in [0.5, 0.6) is 5.75 Å². The quantitative estimate of drug-likeness (QED) is 0.573. The van der Waals surface area contributed by atoms with Gasteiger partial charge < -0.3 is 15.6 Å². The maximum absolute atomic E-state index is 12.2. The lowest BCUT2D eigenvalue weighted by Gasteiger charge is -2.08. The van der Waals surface area contributed by atoms with Crippen molar-refractivity contribution in [3.63, 3.8) is 0 Å². The first-order valence-corrected chi connectivity index (χ1v) is 6.87. The van der Waals surface area contributed by atoms with Gasteiger partial charge in [-0.1, -0.05) is 36.4 Å². The first kappa shape index (κ1) is 13.9. The van der Waals surface area contributed by atoms with E-state index in [2.05, 4.69) is 0 Å². The second-order valence-electron chi connectivity index (χ2n) is 5.04. The van der Waals surface area contributed by atoms with Gasteiger partial charge in [-0.15, -0.1) is 0 Å². The highest BCUT2D eigenvalue weighted by atomic mass is 16.5. The van der Waals surface area contributed by atoms with Crippen LogP contribution < -0.4 is 5.73 Å². The lowest BCUT2D eigenvalue weighted by Crippen LogP contribution is -2.06. The molecule has 0 aliphatic rings. The number of esters is 1. The Morgan fingerprint density at radius 3 is 2.45 bits per heavy atom.